The van der Waals surface area contributed by atoms with Crippen molar-refractivity contribution in [1.29, 1.82) is 0 Å². The zero-order valence-corrected chi connectivity index (χ0v) is 10.2. The van der Waals surface area contributed by atoms with Crippen LogP contribution in [-0.4, -0.2) is 40.7 Å². The highest BCUT2D eigenvalue weighted by Crippen LogP contribution is 2.51. The lowest BCUT2D eigenvalue weighted by Gasteiger charge is -2.44. The number of ether oxygens (including phenoxy) is 1. The Morgan fingerprint density at radius 3 is 2.82 bits per heavy atom. The van der Waals surface area contributed by atoms with Gasteiger partial charge in [0.15, 0.2) is 0 Å². The topological polar surface area (TPSA) is 49.9 Å². The van der Waals surface area contributed by atoms with E-state index in [9.17, 15) is 9.59 Å². The van der Waals surface area contributed by atoms with Crippen LogP contribution in [0.5, 0.6) is 0 Å². The molecule has 0 unspecified atom stereocenters. The number of hydrazine groups is 1. The van der Waals surface area contributed by atoms with Crippen molar-refractivity contribution in [2.24, 2.45) is 11.8 Å². The molecular weight excluding hydrogens is 220 g/mol. The molecule has 5 heteroatoms. The van der Waals surface area contributed by atoms with Crippen molar-refractivity contribution in [2.45, 2.75) is 32.9 Å². The Labute approximate surface area is 100.0 Å². The summed E-state index contributed by atoms with van der Waals surface area (Å²) in [5.74, 6) is 0.358. The minimum Gasteiger partial charge on any atom is -0.448 e. The molecule has 0 aromatic carbocycles. The summed E-state index contributed by atoms with van der Waals surface area (Å²) in [7, 11) is 0. The fourth-order valence-electron chi connectivity index (χ4n) is 3.22. The fraction of sp³-hybridized carbons (Fsp3) is 0.667. The van der Waals surface area contributed by atoms with Gasteiger partial charge in [0.25, 0.3) is 0 Å². The van der Waals surface area contributed by atoms with Gasteiger partial charge in [0.1, 0.15) is 0 Å². The molecule has 3 rings (SSSR count). The molecule has 2 aliphatic heterocycles. The first kappa shape index (κ1) is 10.6. The van der Waals surface area contributed by atoms with Crippen molar-refractivity contribution in [3.05, 3.63) is 11.6 Å². The van der Waals surface area contributed by atoms with Crippen molar-refractivity contribution < 1.29 is 14.3 Å². The number of carbonyl (C=O) groups excluding carboxylic acids is 2. The Hall–Kier alpha value is -1.52. The van der Waals surface area contributed by atoms with Crippen LogP contribution in [-0.2, 0) is 9.53 Å². The van der Waals surface area contributed by atoms with E-state index in [2.05, 4.69) is 6.92 Å². The van der Waals surface area contributed by atoms with Crippen LogP contribution in [0.4, 0.5) is 4.79 Å². The van der Waals surface area contributed by atoms with Gasteiger partial charge in [-0.1, -0.05) is 18.6 Å². The summed E-state index contributed by atoms with van der Waals surface area (Å²) in [4.78, 5) is 23.7. The highest BCUT2D eigenvalue weighted by Gasteiger charge is 2.64. The average Bonchev–Trinajstić information content (AvgIpc) is 2.55. The van der Waals surface area contributed by atoms with Gasteiger partial charge in [-0.15, -0.1) is 0 Å². The van der Waals surface area contributed by atoms with E-state index < -0.39 is 6.09 Å². The Bertz CT molecular complexity index is 431. The van der Waals surface area contributed by atoms with Crippen LogP contribution in [0, 0.1) is 11.8 Å². The van der Waals surface area contributed by atoms with E-state index in [1.165, 1.54) is 10.6 Å². The molecule has 0 aromatic heterocycles. The maximum Gasteiger partial charge on any atom is 0.429 e. The van der Waals surface area contributed by atoms with Crippen LogP contribution in [0.1, 0.15) is 20.8 Å². The Morgan fingerprint density at radius 1 is 1.53 bits per heavy atom. The number of amides is 2. The minimum absolute atomic E-state index is 0.0191. The Morgan fingerprint density at radius 2 is 2.24 bits per heavy atom. The second kappa shape index (κ2) is 3.24. The van der Waals surface area contributed by atoms with Gasteiger partial charge in [0.2, 0.25) is 5.91 Å². The van der Waals surface area contributed by atoms with Gasteiger partial charge >= 0.3 is 6.09 Å². The molecule has 92 valence electrons. The molecule has 3 aliphatic rings. The SMILES string of the molecule is CCOC(=O)N1[C@@H]2C=C(C)[C@@H]2[C@H]2[C@H](C)C(=O)N21. The van der Waals surface area contributed by atoms with E-state index in [0.29, 0.717) is 12.5 Å². The summed E-state index contributed by atoms with van der Waals surface area (Å²) in [6.07, 6.45) is 1.63. The molecule has 2 amide bonds. The summed E-state index contributed by atoms with van der Waals surface area (Å²) in [6, 6.07) is 0.176. The molecule has 0 saturated carbocycles. The average molecular weight is 236 g/mol. The van der Waals surface area contributed by atoms with Gasteiger partial charge in [-0.25, -0.2) is 14.8 Å². The molecule has 5 nitrogen and oxygen atoms in total. The van der Waals surface area contributed by atoms with Gasteiger partial charge in [0.05, 0.1) is 24.6 Å². The van der Waals surface area contributed by atoms with Crippen molar-refractivity contribution in [3.8, 4) is 0 Å². The van der Waals surface area contributed by atoms with Crippen molar-refractivity contribution in [1.82, 2.24) is 10.0 Å². The van der Waals surface area contributed by atoms with Crippen LogP contribution >= 0.6 is 0 Å². The van der Waals surface area contributed by atoms with E-state index >= 15 is 0 Å². The van der Waals surface area contributed by atoms with Gasteiger partial charge in [-0.2, -0.15) is 0 Å². The number of hydrogen-bond acceptors (Lipinski definition) is 3. The maximum atomic E-state index is 11.9. The minimum atomic E-state index is -0.408. The highest BCUT2D eigenvalue weighted by molar-refractivity contribution is 5.89. The normalized spacial score (nSPS) is 37.8. The monoisotopic (exact) mass is 236 g/mol. The van der Waals surface area contributed by atoms with Crippen molar-refractivity contribution in [3.63, 3.8) is 0 Å². The largest absolute Gasteiger partial charge is 0.448 e. The number of fused-ring (bicyclic) bond motifs is 3. The number of hydrogen-bond donors (Lipinski definition) is 0. The van der Waals surface area contributed by atoms with Gasteiger partial charge in [-0.3, -0.25) is 4.79 Å². The van der Waals surface area contributed by atoms with E-state index in [4.69, 9.17) is 4.74 Å². The van der Waals surface area contributed by atoms with E-state index in [1.807, 2.05) is 13.0 Å². The first-order valence-corrected chi connectivity index (χ1v) is 6.05. The lowest BCUT2D eigenvalue weighted by molar-refractivity contribution is -0.172. The van der Waals surface area contributed by atoms with Crippen molar-refractivity contribution in [2.75, 3.05) is 6.61 Å². The number of rotatable bonds is 1. The second-order valence-electron chi connectivity index (χ2n) is 4.93. The third-order valence-electron chi connectivity index (χ3n) is 4.07. The van der Waals surface area contributed by atoms with Gasteiger partial charge in [-0.05, 0) is 13.8 Å². The molecule has 0 N–H and O–H groups in total. The summed E-state index contributed by atoms with van der Waals surface area (Å²) >= 11 is 0. The molecule has 0 aromatic rings. The Kier molecular flexibility index (Phi) is 2.03. The van der Waals surface area contributed by atoms with E-state index in [0.717, 1.165) is 0 Å². The predicted molar refractivity (Wildman–Crippen MR) is 59.7 cm³/mol. The molecular formula is C12H16N2O3. The number of carbonyl (C=O) groups is 2. The van der Waals surface area contributed by atoms with Gasteiger partial charge in [0, 0.05) is 5.92 Å². The summed E-state index contributed by atoms with van der Waals surface area (Å²) in [6.45, 7) is 6.09. The summed E-state index contributed by atoms with van der Waals surface area (Å²) in [5, 5.41) is 3.08. The lowest BCUT2D eigenvalue weighted by Crippen LogP contribution is -2.63. The first-order valence-electron chi connectivity index (χ1n) is 6.05. The van der Waals surface area contributed by atoms with Crippen LogP contribution in [0.25, 0.3) is 0 Å². The zero-order valence-electron chi connectivity index (χ0n) is 10.2. The Balaban J connectivity index is 1.90. The molecule has 2 fully saturated rings. The third-order valence-corrected chi connectivity index (χ3v) is 4.07. The second-order valence-corrected chi connectivity index (χ2v) is 4.93. The quantitative estimate of drug-likeness (QED) is 0.507. The lowest BCUT2D eigenvalue weighted by atomic mass is 9.71. The smallest absolute Gasteiger partial charge is 0.429 e. The standard InChI is InChI=1S/C12H16N2O3/c1-4-17-12(16)13-8-5-6(2)9(8)10-7(3)11(15)14(10)13/h5,7-10H,4H2,1-3H3/t7-,8+,9-,10+/m0/s1. The highest BCUT2D eigenvalue weighted by atomic mass is 16.6. The summed E-state index contributed by atoms with van der Waals surface area (Å²) < 4.78 is 5.01. The molecule has 0 radical (unpaired) electrons. The number of nitrogens with zero attached hydrogens (tertiary/aromatic N) is 2. The van der Waals surface area contributed by atoms with Crippen LogP contribution in [0.15, 0.2) is 11.6 Å². The van der Waals surface area contributed by atoms with Crippen LogP contribution in [0.2, 0.25) is 0 Å². The first-order chi connectivity index (χ1) is 8.07. The predicted octanol–water partition coefficient (Wildman–Crippen LogP) is 1.17. The third kappa shape index (κ3) is 1.09. The van der Waals surface area contributed by atoms with E-state index in [1.54, 1.807) is 11.9 Å². The maximum absolute atomic E-state index is 11.9. The molecule has 4 atom stereocenters. The number of β-lactam (4-membered cyclic amide) rings is 1. The molecule has 0 spiro atoms. The molecule has 2 saturated heterocycles. The zero-order chi connectivity index (χ0) is 12.3. The van der Waals surface area contributed by atoms with Crippen LogP contribution in [0.3, 0.4) is 0 Å². The molecule has 2 heterocycles. The molecule has 17 heavy (non-hydrogen) atoms. The van der Waals surface area contributed by atoms with Crippen LogP contribution < -0.4 is 0 Å². The van der Waals surface area contributed by atoms with Gasteiger partial charge < -0.3 is 4.74 Å². The van der Waals surface area contributed by atoms with Crippen molar-refractivity contribution >= 4 is 12.0 Å². The fourth-order valence-corrected chi connectivity index (χ4v) is 3.22. The summed E-state index contributed by atoms with van der Waals surface area (Å²) in [5.41, 5.74) is 1.27. The molecule has 0 bridgehead atoms. The molecule has 1 aliphatic carbocycles. The van der Waals surface area contributed by atoms with E-state index in [-0.39, 0.29) is 23.9 Å².